The van der Waals surface area contributed by atoms with Crippen molar-refractivity contribution >= 4 is 27.3 Å². The minimum atomic E-state index is -3.30. The van der Waals surface area contributed by atoms with Crippen molar-refractivity contribution in [1.29, 1.82) is 0 Å². The SMILES string of the molecule is O=C(NCc1ccc(N2CCOCC2)cc1)c1cccc(N2CCCCS2(=O)=O)c1. The van der Waals surface area contributed by atoms with Gasteiger partial charge in [0.15, 0.2) is 0 Å². The lowest BCUT2D eigenvalue weighted by Crippen LogP contribution is -2.38. The smallest absolute Gasteiger partial charge is 0.251 e. The first-order chi connectivity index (χ1) is 14.5. The molecule has 2 aromatic rings. The highest BCUT2D eigenvalue weighted by atomic mass is 32.2. The third-order valence-electron chi connectivity index (χ3n) is 5.51. The van der Waals surface area contributed by atoms with E-state index in [9.17, 15) is 13.2 Å². The van der Waals surface area contributed by atoms with Crippen molar-refractivity contribution in [3.63, 3.8) is 0 Å². The molecule has 0 bridgehead atoms. The van der Waals surface area contributed by atoms with Gasteiger partial charge in [0.2, 0.25) is 10.0 Å². The Bertz CT molecular complexity index is 986. The van der Waals surface area contributed by atoms with Crippen molar-refractivity contribution < 1.29 is 17.9 Å². The molecular formula is C22H27N3O4S. The summed E-state index contributed by atoms with van der Waals surface area (Å²) < 4.78 is 31.5. The van der Waals surface area contributed by atoms with E-state index >= 15 is 0 Å². The number of rotatable bonds is 5. The molecule has 0 spiro atoms. The van der Waals surface area contributed by atoms with Crippen molar-refractivity contribution in [3.05, 3.63) is 59.7 Å². The van der Waals surface area contributed by atoms with E-state index in [4.69, 9.17) is 4.74 Å². The number of nitrogens with one attached hydrogen (secondary N) is 1. The van der Waals surface area contributed by atoms with E-state index in [0.29, 0.717) is 30.8 Å². The summed E-state index contributed by atoms with van der Waals surface area (Å²) in [5, 5.41) is 2.92. The van der Waals surface area contributed by atoms with E-state index in [2.05, 4.69) is 22.3 Å². The third-order valence-corrected chi connectivity index (χ3v) is 7.38. The minimum absolute atomic E-state index is 0.157. The molecule has 2 aromatic carbocycles. The first-order valence-corrected chi connectivity index (χ1v) is 11.9. The van der Waals surface area contributed by atoms with Gasteiger partial charge in [0, 0.05) is 37.4 Å². The third kappa shape index (κ3) is 4.76. The second kappa shape index (κ2) is 9.06. The summed E-state index contributed by atoms with van der Waals surface area (Å²) in [5.41, 5.74) is 3.18. The highest BCUT2D eigenvalue weighted by molar-refractivity contribution is 7.92. The number of morpholine rings is 1. The van der Waals surface area contributed by atoms with Crippen LogP contribution in [0.4, 0.5) is 11.4 Å². The largest absolute Gasteiger partial charge is 0.378 e. The molecule has 1 amide bonds. The molecule has 0 aromatic heterocycles. The number of sulfonamides is 1. The van der Waals surface area contributed by atoms with Crippen LogP contribution >= 0.6 is 0 Å². The average molecular weight is 430 g/mol. The van der Waals surface area contributed by atoms with Crippen LogP contribution in [0.5, 0.6) is 0 Å². The van der Waals surface area contributed by atoms with Crippen molar-refractivity contribution in [2.24, 2.45) is 0 Å². The fraction of sp³-hybridized carbons (Fsp3) is 0.409. The molecule has 160 valence electrons. The number of nitrogens with zero attached hydrogens (tertiary/aromatic N) is 2. The number of ether oxygens (including phenoxy) is 1. The number of benzene rings is 2. The Hall–Kier alpha value is -2.58. The summed E-state index contributed by atoms with van der Waals surface area (Å²) in [7, 11) is -3.30. The van der Waals surface area contributed by atoms with Crippen molar-refractivity contribution in [2.45, 2.75) is 19.4 Å². The molecule has 8 heteroatoms. The highest BCUT2D eigenvalue weighted by Gasteiger charge is 2.26. The van der Waals surface area contributed by atoms with Gasteiger partial charge in [-0.1, -0.05) is 18.2 Å². The Morgan fingerprint density at radius 2 is 1.73 bits per heavy atom. The lowest BCUT2D eigenvalue weighted by molar-refractivity contribution is 0.0951. The normalized spacial score (nSPS) is 18.8. The maximum absolute atomic E-state index is 12.6. The molecule has 0 saturated carbocycles. The van der Waals surface area contributed by atoms with Crippen LogP contribution < -0.4 is 14.5 Å². The van der Waals surface area contributed by atoms with Crippen LogP contribution in [0, 0.1) is 0 Å². The second-order valence-electron chi connectivity index (χ2n) is 7.59. The summed E-state index contributed by atoms with van der Waals surface area (Å²) in [5.74, 6) is -0.0624. The number of carbonyl (C=O) groups is 1. The predicted molar refractivity (Wildman–Crippen MR) is 117 cm³/mol. The molecular weight excluding hydrogens is 402 g/mol. The Morgan fingerprint density at radius 1 is 0.967 bits per heavy atom. The van der Waals surface area contributed by atoms with Crippen LogP contribution in [-0.2, 0) is 21.3 Å². The maximum atomic E-state index is 12.6. The number of hydrogen-bond donors (Lipinski definition) is 1. The lowest BCUT2D eigenvalue weighted by atomic mass is 10.1. The van der Waals surface area contributed by atoms with Gasteiger partial charge in [0.25, 0.3) is 5.91 Å². The van der Waals surface area contributed by atoms with E-state index in [1.165, 1.54) is 4.31 Å². The van der Waals surface area contributed by atoms with Crippen LogP contribution in [-0.4, -0.2) is 52.9 Å². The van der Waals surface area contributed by atoms with E-state index in [-0.39, 0.29) is 11.7 Å². The summed E-state index contributed by atoms with van der Waals surface area (Å²) in [6.07, 6.45) is 1.51. The van der Waals surface area contributed by atoms with Gasteiger partial charge >= 0.3 is 0 Å². The Labute approximate surface area is 177 Å². The maximum Gasteiger partial charge on any atom is 0.251 e. The van der Waals surface area contributed by atoms with Gasteiger partial charge in [-0.2, -0.15) is 0 Å². The monoisotopic (exact) mass is 429 g/mol. The van der Waals surface area contributed by atoms with E-state index in [1.807, 2.05) is 12.1 Å². The van der Waals surface area contributed by atoms with Crippen LogP contribution in [0.1, 0.15) is 28.8 Å². The first kappa shape index (κ1) is 20.7. The summed E-state index contributed by atoms with van der Waals surface area (Å²) in [6, 6.07) is 15.0. The average Bonchev–Trinajstić information content (AvgIpc) is 2.78. The van der Waals surface area contributed by atoms with E-state index < -0.39 is 10.0 Å². The molecule has 0 aliphatic carbocycles. The van der Waals surface area contributed by atoms with Crippen LogP contribution in [0.15, 0.2) is 48.5 Å². The number of anilines is 2. The van der Waals surface area contributed by atoms with E-state index in [1.54, 1.807) is 24.3 Å². The van der Waals surface area contributed by atoms with Gasteiger partial charge < -0.3 is 15.0 Å². The first-order valence-electron chi connectivity index (χ1n) is 10.3. The fourth-order valence-electron chi connectivity index (χ4n) is 3.81. The number of hydrogen-bond acceptors (Lipinski definition) is 5. The van der Waals surface area contributed by atoms with Crippen LogP contribution in [0.25, 0.3) is 0 Å². The molecule has 2 heterocycles. The molecule has 2 aliphatic rings. The minimum Gasteiger partial charge on any atom is -0.378 e. The van der Waals surface area contributed by atoms with Gasteiger partial charge in [-0.25, -0.2) is 8.42 Å². The van der Waals surface area contributed by atoms with E-state index in [0.717, 1.165) is 44.0 Å². The second-order valence-corrected chi connectivity index (χ2v) is 9.61. The lowest BCUT2D eigenvalue weighted by Gasteiger charge is -2.29. The molecule has 2 aliphatic heterocycles. The Kier molecular flexibility index (Phi) is 6.24. The van der Waals surface area contributed by atoms with Crippen molar-refractivity contribution in [3.8, 4) is 0 Å². The highest BCUT2D eigenvalue weighted by Crippen LogP contribution is 2.24. The topological polar surface area (TPSA) is 79.0 Å². The quantitative estimate of drug-likeness (QED) is 0.790. The molecule has 7 nitrogen and oxygen atoms in total. The zero-order chi connectivity index (χ0) is 21.0. The molecule has 2 fully saturated rings. The zero-order valence-electron chi connectivity index (χ0n) is 16.9. The zero-order valence-corrected chi connectivity index (χ0v) is 17.7. The van der Waals surface area contributed by atoms with Gasteiger partial charge in [0.1, 0.15) is 0 Å². The molecule has 0 atom stereocenters. The van der Waals surface area contributed by atoms with Gasteiger partial charge in [-0.15, -0.1) is 0 Å². The molecule has 0 unspecified atom stereocenters. The molecule has 2 saturated heterocycles. The molecule has 30 heavy (non-hydrogen) atoms. The predicted octanol–water partition coefficient (Wildman–Crippen LogP) is 2.38. The number of amides is 1. The van der Waals surface area contributed by atoms with Crippen molar-refractivity contribution in [2.75, 3.05) is 47.8 Å². The van der Waals surface area contributed by atoms with Crippen LogP contribution in [0.2, 0.25) is 0 Å². The van der Waals surface area contributed by atoms with Crippen LogP contribution in [0.3, 0.4) is 0 Å². The molecule has 4 rings (SSSR count). The standard InChI is InChI=1S/C22H27N3O4S/c26-22(19-4-3-5-21(16-19)25-10-1-2-15-30(25,27)28)23-17-18-6-8-20(9-7-18)24-11-13-29-14-12-24/h3-9,16H,1-2,10-15,17H2,(H,23,26). The molecule has 0 radical (unpaired) electrons. The van der Waals surface area contributed by atoms with Crippen molar-refractivity contribution in [1.82, 2.24) is 5.32 Å². The summed E-state index contributed by atoms with van der Waals surface area (Å²) in [6.45, 7) is 4.14. The van der Waals surface area contributed by atoms with Gasteiger partial charge in [0.05, 0.1) is 24.7 Å². The fourth-order valence-corrected chi connectivity index (χ4v) is 5.44. The molecule has 1 N–H and O–H groups in total. The Morgan fingerprint density at radius 3 is 2.47 bits per heavy atom. The summed E-state index contributed by atoms with van der Waals surface area (Å²) >= 11 is 0. The van der Waals surface area contributed by atoms with Gasteiger partial charge in [-0.3, -0.25) is 9.10 Å². The Balaban J connectivity index is 1.38. The van der Waals surface area contributed by atoms with Gasteiger partial charge in [-0.05, 0) is 48.7 Å². The summed E-state index contributed by atoms with van der Waals surface area (Å²) in [4.78, 5) is 14.9. The number of carbonyl (C=O) groups excluding carboxylic acids is 1.